The van der Waals surface area contributed by atoms with Gasteiger partial charge in [-0.05, 0) is 60.0 Å². The Bertz CT molecular complexity index is 1270. The van der Waals surface area contributed by atoms with Crippen LogP contribution in [-0.4, -0.2) is 23.2 Å². The summed E-state index contributed by atoms with van der Waals surface area (Å²) in [5.41, 5.74) is 4.73. The summed E-state index contributed by atoms with van der Waals surface area (Å²) >= 11 is 0.950. The lowest BCUT2D eigenvalue weighted by Gasteiger charge is -2.16. The van der Waals surface area contributed by atoms with Crippen molar-refractivity contribution in [3.63, 3.8) is 0 Å². The van der Waals surface area contributed by atoms with Gasteiger partial charge >= 0.3 is 0 Å². The molecule has 0 unspecified atom stereocenters. The average molecular weight is 486 g/mol. The Morgan fingerprint density at radius 1 is 1.00 bits per heavy atom. The van der Waals surface area contributed by atoms with Crippen molar-refractivity contribution in [3.8, 4) is 11.5 Å². The number of carbonyl (C=O) groups is 2. The molecule has 35 heavy (non-hydrogen) atoms. The van der Waals surface area contributed by atoms with E-state index in [1.165, 1.54) is 4.90 Å². The summed E-state index contributed by atoms with van der Waals surface area (Å²) in [6.45, 7) is 6.51. The van der Waals surface area contributed by atoms with Crippen molar-refractivity contribution in [1.29, 1.82) is 0 Å². The van der Waals surface area contributed by atoms with Crippen LogP contribution in [0.4, 0.5) is 4.79 Å². The van der Waals surface area contributed by atoms with Gasteiger partial charge in [0.15, 0.2) is 11.5 Å². The highest BCUT2D eigenvalue weighted by Gasteiger charge is 2.35. The topological polar surface area (TPSA) is 55.8 Å². The second-order valence-electron chi connectivity index (χ2n) is 8.23. The van der Waals surface area contributed by atoms with E-state index in [0.717, 1.165) is 39.6 Å². The van der Waals surface area contributed by atoms with Crippen molar-refractivity contribution in [2.24, 2.45) is 0 Å². The molecular formula is C29H27NO4S. The van der Waals surface area contributed by atoms with E-state index in [1.54, 1.807) is 19.3 Å². The number of allylic oxidation sites excluding steroid dienone is 1. The van der Waals surface area contributed by atoms with Gasteiger partial charge in [0.25, 0.3) is 11.1 Å². The molecule has 5 nitrogen and oxygen atoms in total. The molecule has 1 aliphatic rings. The number of benzene rings is 3. The first-order valence-electron chi connectivity index (χ1n) is 11.3. The molecule has 1 heterocycles. The van der Waals surface area contributed by atoms with Gasteiger partial charge in [-0.2, -0.15) is 0 Å². The number of rotatable bonds is 9. The zero-order valence-corrected chi connectivity index (χ0v) is 20.6. The summed E-state index contributed by atoms with van der Waals surface area (Å²) in [7, 11) is 1.58. The number of nitrogens with zero attached hydrogens (tertiary/aromatic N) is 1. The standard InChI is InChI=1S/C29H27NO4S/c1-4-8-24-15-23(16-25(33-3)27(24)34-19-22-9-6-5-7-10-22)17-26-28(31)30(29(32)35-26)18-21-13-11-20(2)12-14-21/h4-7,9-17H,1,8,18-19H2,2-3H3/b26-17-. The molecule has 3 aromatic rings. The molecule has 1 aliphatic heterocycles. The zero-order chi connectivity index (χ0) is 24.8. The van der Waals surface area contributed by atoms with Gasteiger partial charge in [0.05, 0.1) is 18.6 Å². The maximum absolute atomic E-state index is 13.0. The molecular weight excluding hydrogens is 458 g/mol. The number of hydrogen-bond acceptors (Lipinski definition) is 5. The molecule has 0 spiro atoms. The molecule has 0 radical (unpaired) electrons. The first-order valence-corrected chi connectivity index (χ1v) is 12.1. The van der Waals surface area contributed by atoms with Crippen molar-refractivity contribution >= 4 is 29.0 Å². The minimum absolute atomic E-state index is 0.250. The van der Waals surface area contributed by atoms with E-state index in [9.17, 15) is 9.59 Å². The van der Waals surface area contributed by atoms with Crippen LogP contribution >= 0.6 is 11.8 Å². The number of carbonyl (C=O) groups excluding carboxylic acids is 2. The van der Waals surface area contributed by atoms with Crippen LogP contribution in [0.5, 0.6) is 11.5 Å². The normalized spacial score (nSPS) is 14.5. The molecule has 178 valence electrons. The molecule has 3 aromatic carbocycles. The largest absolute Gasteiger partial charge is 0.493 e. The monoisotopic (exact) mass is 485 g/mol. The van der Waals surface area contributed by atoms with Gasteiger partial charge in [0.1, 0.15) is 6.61 Å². The van der Waals surface area contributed by atoms with Crippen molar-refractivity contribution in [2.75, 3.05) is 7.11 Å². The minimum atomic E-state index is -0.297. The third kappa shape index (κ3) is 5.84. The first kappa shape index (κ1) is 24.4. The van der Waals surface area contributed by atoms with Crippen LogP contribution in [0.3, 0.4) is 0 Å². The van der Waals surface area contributed by atoms with E-state index in [2.05, 4.69) is 6.58 Å². The van der Waals surface area contributed by atoms with Crippen molar-refractivity contribution in [3.05, 3.63) is 112 Å². The van der Waals surface area contributed by atoms with Gasteiger partial charge in [-0.25, -0.2) is 0 Å². The highest BCUT2D eigenvalue weighted by Crippen LogP contribution is 2.38. The second-order valence-corrected chi connectivity index (χ2v) is 9.23. The van der Waals surface area contributed by atoms with E-state index in [1.807, 2.05) is 73.7 Å². The van der Waals surface area contributed by atoms with Crippen LogP contribution in [-0.2, 0) is 24.4 Å². The molecule has 1 saturated heterocycles. The van der Waals surface area contributed by atoms with E-state index >= 15 is 0 Å². The lowest BCUT2D eigenvalue weighted by Crippen LogP contribution is -2.27. The smallest absolute Gasteiger partial charge is 0.293 e. The summed E-state index contributed by atoms with van der Waals surface area (Å²) in [4.78, 5) is 27.3. The molecule has 0 atom stereocenters. The van der Waals surface area contributed by atoms with Crippen molar-refractivity contribution in [2.45, 2.75) is 26.5 Å². The quantitative estimate of drug-likeness (QED) is 0.254. The molecule has 6 heteroatoms. The zero-order valence-electron chi connectivity index (χ0n) is 19.8. The van der Waals surface area contributed by atoms with Crippen LogP contribution in [0.15, 0.2) is 84.3 Å². The maximum Gasteiger partial charge on any atom is 0.293 e. The number of thioether (sulfide) groups is 1. The van der Waals surface area contributed by atoms with Gasteiger partial charge in [0.2, 0.25) is 0 Å². The van der Waals surface area contributed by atoms with Crippen LogP contribution in [0.25, 0.3) is 6.08 Å². The number of imide groups is 1. The predicted octanol–water partition coefficient (Wildman–Crippen LogP) is 6.55. The van der Waals surface area contributed by atoms with Gasteiger partial charge in [-0.15, -0.1) is 6.58 Å². The van der Waals surface area contributed by atoms with Gasteiger partial charge in [0, 0.05) is 5.56 Å². The Balaban J connectivity index is 1.59. The lowest BCUT2D eigenvalue weighted by molar-refractivity contribution is -0.123. The van der Waals surface area contributed by atoms with Crippen molar-refractivity contribution in [1.82, 2.24) is 4.90 Å². The van der Waals surface area contributed by atoms with E-state index in [0.29, 0.717) is 29.4 Å². The average Bonchev–Trinajstić information content (AvgIpc) is 3.12. The molecule has 1 fully saturated rings. The summed E-state index contributed by atoms with van der Waals surface area (Å²) < 4.78 is 11.8. The van der Waals surface area contributed by atoms with Crippen LogP contribution < -0.4 is 9.47 Å². The molecule has 0 bridgehead atoms. The fraction of sp³-hybridized carbons (Fsp3) is 0.172. The van der Waals surface area contributed by atoms with E-state index < -0.39 is 0 Å². The number of amides is 2. The van der Waals surface area contributed by atoms with Crippen LogP contribution in [0.1, 0.15) is 27.8 Å². The van der Waals surface area contributed by atoms with Gasteiger partial charge < -0.3 is 9.47 Å². The summed E-state index contributed by atoms with van der Waals surface area (Å²) in [5.74, 6) is 0.903. The maximum atomic E-state index is 13.0. The lowest BCUT2D eigenvalue weighted by atomic mass is 10.0. The van der Waals surface area contributed by atoms with Crippen LogP contribution in [0, 0.1) is 6.92 Å². The summed E-state index contributed by atoms with van der Waals surface area (Å²) in [6.07, 6.45) is 4.09. The van der Waals surface area contributed by atoms with Gasteiger partial charge in [-0.1, -0.05) is 66.2 Å². The first-order chi connectivity index (χ1) is 17.0. The Morgan fingerprint density at radius 3 is 2.43 bits per heavy atom. The highest BCUT2D eigenvalue weighted by atomic mass is 32.2. The SMILES string of the molecule is C=CCc1cc(/C=C2\SC(=O)N(Cc3ccc(C)cc3)C2=O)cc(OC)c1OCc1ccccc1. The summed E-state index contributed by atoms with van der Waals surface area (Å²) in [5, 5.41) is -0.275. The molecule has 0 saturated carbocycles. The van der Waals surface area contributed by atoms with Crippen molar-refractivity contribution < 1.29 is 19.1 Å². The minimum Gasteiger partial charge on any atom is -0.493 e. The number of ether oxygens (including phenoxy) is 2. The third-order valence-corrected chi connectivity index (χ3v) is 6.50. The number of hydrogen-bond donors (Lipinski definition) is 0. The molecule has 0 aliphatic carbocycles. The fourth-order valence-electron chi connectivity index (χ4n) is 3.78. The molecule has 4 rings (SSSR count). The van der Waals surface area contributed by atoms with Crippen LogP contribution in [0.2, 0.25) is 0 Å². The Morgan fingerprint density at radius 2 is 1.74 bits per heavy atom. The Kier molecular flexibility index (Phi) is 7.73. The fourth-order valence-corrected chi connectivity index (χ4v) is 4.62. The highest BCUT2D eigenvalue weighted by molar-refractivity contribution is 8.18. The molecule has 2 amide bonds. The van der Waals surface area contributed by atoms with E-state index in [4.69, 9.17) is 9.47 Å². The predicted molar refractivity (Wildman–Crippen MR) is 140 cm³/mol. The second kappa shape index (κ2) is 11.1. The Hall–Kier alpha value is -3.77. The van der Waals surface area contributed by atoms with Gasteiger partial charge in [-0.3, -0.25) is 14.5 Å². The van der Waals surface area contributed by atoms with E-state index in [-0.39, 0.29) is 17.7 Å². The third-order valence-electron chi connectivity index (χ3n) is 5.60. The molecule has 0 aromatic heterocycles. The molecule has 0 N–H and O–H groups in total. The number of aryl methyl sites for hydroxylation is 1. The summed E-state index contributed by atoms with van der Waals surface area (Å²) in [6, 6.07) is 21.5. The number of methoxy groups -OCH3 is 1. The Labute approximate surface area is 210 Å².